The average Bonchev–Trinajstić information content (AvgIpc) is 3.26. The minimum atomic E-state index is -0.200. The molecule has 0 saturated carbocycles. The van der Waals surface area contributed by atoms with Crippen molar-refractivity contribution in [3.05, 3.63) is 84.3 Å². The number of fused-ring (bicyclic) bond motifs is 2. The Kier molecular flexibility index (Phi) is 5.40. The predicted octanol–water partition coefficient (Wildman–Crippen LogP) is 4.82. The van der Waals surface area contributed by atoms with Crippen LogP contribution in [0.25, 0.3) is 22.1 Å². The Labute approximate surface area is 190 Å². The van der Waals surface area contributed by atoms with Crippen LogP contribution in [0.1, 0.15) is 35.8 Å². The molecule has 0 saturated heterocycles. The zero-order valence-electron chi connectivity index (χ0n) is 18.4. The number of rotatable bonds is 6. The number of amides is 1. The van der Waals surface area contributed by atoms with E-state index in [1.165, 1.54) is 0 Å². The van der Waals surface area contributed by atoms with Gasteiger partial charge in [-0.1, -0.05) is 30.3 Å². The van der Waals surface area contributed by atoms with Crippen molar-refractivity contribution < 1.29 is 4.79 Å². The lowest BCUT2D eigenvalue weighted by atomic mass is 10.1. The molecule has 1 amide bonds. The second-order valence-corrected chi connectivity index (χ2v) is 7.81. The van der Waals surface area contributed by atoms with Crippen molar-refractivity contribution in [2.75, 3.05) is 10.6 Å². The maximum Gasteiger partial charge on any atom is 0.257 e. The van der Waals surface area contributed by atoms with E-state index in [9.17, 15) is 4.79 Å². The summed E-state index contributed by atoms with van der Waals surface area (Å²) in [6.45, 7) is 4.82. The fourth-order valence-electron chi connectivity index (χ4n) is 3.67. The van der Waals surface area contributed by atoms with E-state index in [1.807, 2.05) is 79.3 Å². The number of aryl methyl sites for hydroxylation is 1. The maximum atomic E-state index is 12.8. The van der Waals surface area contributed by atoms with Crippen LogP contribution in [0.2, 0.25) is 0 Å². The molecule has 3 aromatic heterocycles. The summed E-state index contributed by atoms with van der Waals surface area (Å²) in [6, 6.07) is 17.3. The quantitative estimate of drug-likeness (QED) is 0.395. The second-order valence-electron chi connectivity index (χ2n) is 7.81. The van der Waals surface area contributed by atoms with Gasteiger partial charge in [0, 0.05) is 23.8 Å². The third-order valence-electron chi connectivity index (χ3n) is 5.46. The lowest BCUT2D eigenvalue weighted by molar-refractivity contribution is 0.102. The highest BCUT2D eigenvalue weighted by molar-refractivity contribution is 6.05. The monoisotopic (exact) mass is 437 g/mol. The summed E-state index contributed by atoms with van der Waals surface area (Å²) in [6.07, 6.45) is 5.19. The van der Waals surface area contributed by atoms with Gasteiger partial charge in [0.15, 0.2) is 0 Å². The zero-order chi connectivity index (χ0) is 22.8. The standard InChI is InChI=1S/C25H23N7O/c1-3-32-15-22-24(31-32)30-23(14-27-22)28-16(2)17-8-6-9-20(12-17)29-25(33)19-11-18-7-4-5-10-21(18)26-13-19/h4-16H,3H2,1-2H3,(H,29,33)(H,28,30,31)/t16-/m0/s1. The summed E-state index contributed by atoms with van der Waals surface area (Å²) in [7, 11) is 0. The predicted molar refractivity (Wildman–Crippen MR) is 129 cm³/mol. The van der Waals surface area contributed by atoms with Crippen molar-refractivity contribution in [1.82, 2.24) is 24.7 Å². The highest BCUT2D eigenvalue weighted by Gasteiger charge is 2.12. The summed E-state index contributed by atoms with van der Waals surface area (Å²) in [5, 5.41) is 11.7. The number of hydrogen-bond acceptors (Lipinski definition) is 6. The third-order valence-corrected chi connectivity index (χ3v) is 5.46. The Morgan fingerprint density at radius 3 is 2.76 bits per heavy atom. The second kappa shape index (κ2) is 8.66. The first-order valence-corrected chi connectivity index (χ1v) is 10.8. The van der Waals surface area contributed by atoms with Gasteiger partial charge in [-0.05, 0) is 43.7 Å². The molecule has 1 atom stereocenters. The van der Waals surface area contributed by atoms with Gasteiger partial charge in [-0.25, -0.2) is 9.97 Å². The first kappa shape index (κ1) is 20.6. The third kappa shape index (κ3) is 4.36. The number of carbonyl (C=O) groups excluding carboxylic acids is 1. The Morgan fingerprint density at radius 1 is 1.03 bits per heavy atom. The number of pyridine rings is 1. The average molecular weight is 438 g/mol. The van der Waals surface area contributed by atoms with E-state index in [-0.39, 0.29) is 11.9 Å². The highest BCUT2D eigenvalue weighted by Crippen LogP contribution is 2.22. The largest absolute Gasteiger partial charge is 0.362 e. The lowest BCUT2D eigenvalue weighted by Gasteiger charge is -2.16. The molecule has 5 aromatic rings. The minimum Gasteiger partial charge on any atom is -0.362 e. The van der Waals surface area contributed by atoms with Crippen molar-refractivity contribution in [3.63, 3.8) is 0 Å². The molecule has 0 spiro atoms. The number of aromatic nitrogens is 5. The van der Waals surface area contributed by atoms with Gasteiger partial charge < -0.3 is 10.6 Å². The number of para-hydroxylation sites is 1. The van der Waals surface area contributed by atoms with Crippen LogP contribution in [0.5, 0.6) is 0 Å². The van der Waals surface area contributed by atoms with Crippen molar-refractivity contribution in [1.29, 1.82) is 0 Å². The molecule has 3 heterocycles. The first-order valence-electron chi connectivity index (χ1n) is 10.8. The molecular formula is C25H23N7O. The molecule has 2 N–H and O–H groups in total. The molecule has 0 aliphatic carbocycles. The number of nitrogens with zero attached hydrogens (tertiary/aromatic N) is 5. The molecule has 33 heavy (non-hydrogen) atoms. The smallest absolute Gasteiger partial charge is 0.257 e. The zero-order valence-corrected chi connectivity index (χ0v) is 18.4. The minimum absolute atomic E-state index is 0.0517. The van der Waals surface area contributed by atoms with Gasteiger partial charge in [-0.2, -0.15) is 5.10 Å². The van der Waals surface area contributed by atoms with Crippen LogP contribution in [-0.2, 0) is 6.54 Å². The number of benzene rings is 2. The summed E-state index contributed by atoms with van der Waals surface area (Å²) in [5.41, 5.74) is 4.47. The van der Waals surface area contributed by atoms with Crippen molar-refractivity contribution in [3.8, 4) is 0 Å². The van der Waals surface area contributed by atoms with Gasteiger partial charge in [0.25, 0.3) is 5.91 Å². The van der Waals surface area contributed by atoms with Gasteiger partial charge in [0.05, 0.1) is 29.5 Å². The normalized spacial score (nSPS) is 12.1. The summed E-state index contributed by atoms with van der Waals surface area (Å²) >= 11 is 0. The summed E-state index contributed by atoms with van der Waals surface area (Å²) < 4.78 is 1.81. The molecule has 0 radical (unpaired) electrons. The number of carbonyl (C=O) groups is 1. The number of nitrogens with one attached hydrogen (secondary N) is 2. The molecule has 5 rings (SSSR count). The molecule has 8 nitrogen and oxygen atoms in total. The van der Waals surface area contributed by atoms with Crippen molar-refractivity contribution in [2.45, 2.75) is 26.4 Å². The van der Waals surface area contributed by atoms with Crippen LogP contribution in [0, 0.1) is 0 Å². The van der Waals surface area contributed by atoms with Crippen molar-refractivity contribution >= 4 is 39.5 Å². The van der Waals surface area contributed by atoms with Gasteiger partial charge in [0.2, 0.25) is 5.65 Å². The summed E-state index contributed by atoms with van der Waals surface area (Å²) in [4.78, 5) is 26.2. The SMILES string of the molecule is CCn1cc2ncc(N[C@@H](C)c3cccc(NC(=O)c4cnc5ccccc5c4)c3)nc2n1. The molecule has 0 aliphatic heterocycles. The molecular weight excluding hydrogens is 414 g/mol. The van der Waals surface area contributed by atoms with Gasteiger partial charge in [-0.15, -0.1) is 0 Å². The van der Waals surface area contributed by atoms with Gasteiger partial charge >= 0.3 is 0 Å². The Balaban J connectivity index is 1.31. The Hall–Kier alpha value is -4.33. The van der Waals surface area contributed by atoms with Crippen LogP contribution in [-0.4, -0.2) is 30.6 Å². The van der Waals surface area contributed by atoms with Crippen LogP contribution >= 0.6 is 0 Å². The van der Waals surface area contributed by atoms with E-state index in [0.717, 1.165) is 28.5 Å². The molecule has 0 aliphatic rings. The maximum absolute atomic E-state index is 12.8. The number of anilines is 2. The van der Waals surface area contributed by atoms with E-state index in [0.29, 0.717) is 22.7 Å². The van der Waals surface area contributed by atoms with Crippen molar-refractivity contribution in [2.24, 2.45) is 0 Å². The van der Waals surface area contributed by atoms with E-state index in [2.05, 4.69) is 30.7 Å². The molecule has 0 unspecified atom stereocenters. The molecule has 164 valence electrons. The molecule has 2 aromatic carbocycles. The Bertz CT molecular complexity index is 1460. The van der Waals surface area contributed by atoms with Crippen LogP contribution < -0.4 is 10.6 Å². The Morgan fingerprint density at radius 2 is 1.88 bits per heavy atom. The van der Waals surface area contributed by atoms with Crippen LogP contribution in [0.3, 0.4) is 0 Å². The van der Waals surface area contributed by atoms with E-state index < -0.39 is 0 Å². The van der Waals surface area contributed by atoms with Crippen LogP contribution in [0.15, 0.2) is 73.2 Å². The van der Waals surface area contributed by atoms with E-state index >= 15 is 0 Å². The molecule has 8 heteroatoms. The number of hydrogen-bond donors (Lipinski definition) is 2. The first-order chi connectivity index (χ1) is 16.1. The topological polar surface area (TPSA) is 97.6 Å². The summed E-state index contributed by atoms with van der Waals surface area (Å²) in [5.74, 6) is 0.446. The van der Waals surface area contributed by atoms with Crippen LogP contribution in [0.4, 0.5) is 11.5 Å². The molecule has 0 bridgehead atoms. The molecule has 0 fully saturated rings. The highest BCUT2D eigenvalue weighted by atomic mass is 16.1. The fourth-order valence-corrected chi connectivity index (χ4v) is 3.67. The lowest BCUT2D eigenvalue weighted by Crippen LogP contribution is -2.13. The van der Waals surface area contributed by atoms with Gasteiger partial charge in [-0.3, -0.25) is 14.5 Å². The van der Waals surface area contributed by atoms with E-state index in [4.69, 9.17) is 0 Å². The van der Waals surface area contributed by atoms with Gasteiger partial charge in [0.1, 0.15) is 11.3 Å². The fraction of sp³-hybridized carbons (Fsp3) is 0.160. The van der Waals surface area contributed by atoms with E-state index in [1.54, 1.807) is 12.4 Å².